The Labute approximate surface area is 112 Å². The van der Waals surface area contributed by atoms with Crippen molar-refractivity contribution in [2.45, 2.75) is 12.5 Å². The minimum atomic E-state index is -0.0192. The number of hydrogen-bond donors (Lipinski definition) is 3. The lowest BCUT2D eigenvalue weighted by Gasteiger charge is -2.14. The van der Waals surface area contributed by atoms with Gasteiger partial charge in [0.1, 0.15) is 5.82 Å². The average Bonchev–Trinajstić information content (AvgIpc) is 2.85. The van der Waals surface area contributed by atoms with Crippen molar-refractivity contribution < 1.29 is 0 Å². The molecule has 2 aromatic rings. The lowest BCUT2D eigenvalue weighted by atomic mass is 10.1. The van der Waals surface area contributed by atoms with Crippen LogP contribution in [-0.4, -0.2) is 9.78 Å². The molecule has 0 spiro atoms. The number of anilines is 1. The number of nitrogens with zero attached hydrogens (tertiary/aromatic N) is 2. The van der Waals surface area contributed by atoms with Gasteiger partial charge in [0.2, 0.25) is 0 Å². The van der Waals surface area contributed by atoms with Crippen LogP contribution in [0.15, 0.2) is 22.1 Å². The maximum atomic E-state index is 5.94. The van der Waals surface area contributed by atoms with E-state index in [-0.39, 0.29) is 6.04 Å². The summed E-state index contributed by atoms with van der Waals surface area (Å²) in [7, 11) is 1.81. The number of nitrogen functional groups attached to an aromatic ring is 1. The van der Waals surface area contributed by atoms with Crippen LogP contribution < -0.4 is 17.0 Å². The molecule has 2 aromatic heterocycles. The Morgan fingerprint density at radius 2 is 2.41 bits per heavy atom. The molecule has 0 radical (unpaired) electrons. The third-order valence-corrected chi connectivity index (χ3v) is 4.34. The molecule has 0 saturated heterocycles. The number of rotatable bonds is 4. The van der Waals surface area contributed by atoms with E-state index in [0.717, 1.165) is 16.5 Å². The first-order valence-corrected chi connectivity index (χ1v) is 6.75. The molecular weight excluding hydrogens is 302 g/mol. The van der Waals surface area contributed by atoms with Crippen LogP contribution in [0.5, 0.6) is 0 Å². The number of thiophene rings is 1. The molecule has 5 N–H and O–H groups in total. The number of nitrogens with one attached hydrogen (secondary N) is 1. The summed E-state index contributed by atoms with van der Waals surface area (Å²) in [6, 6.07) is 2.07. The van der Waals surface area contributed by atoms with Gasteiger partial charge in [-0.3, -0.25) is 16.0 Å². The van der Waals surface area contributed by atoms with Gasteiger partial charge in [0.15, 0.2) is 0 Å². The standard InChI is InChI=1S/C10H14BrN5S/c1-16-10(12)8(4-14-16)9(15-13)3-7-2-6(11)5-17-7/h2,4-5,9,15H,3,12-13H2,1H3. The van der Waals surface area contributed by atoms with Crippen LogP contribution in [0, 0.1) is 0 Å². The van der Waals surface area contributed by atoms with Gasteiger partial charge in [0, 0.05) is 33.8 Å². The zero-order valence-electron chi connectivity index (χ0n) is 9.35. The Kier molecular flexibility index (Phi) is 3.82. The van der Waals surface area contributed by atoms with Crippen molar-refractivity contribution >= 4 is 33.1 Å². The Bertz CT molecular complexity index is 507. The highest BCUT2D eigenvalue weighted by Crippen LogP contribution is 2.27. The summed E-state index contributed by atoms with van der Waals surface area (Å²) in [5.74, 6) is 6.23. The molecule has 5 nitrogen and oxygen atoms in total. The van der Waals surface area contributed by atoms with E-state index in [1.807, 2.05) is 7.05 Å². The molecule has 0 aromatic carbocycles. The van der Waals surface area contributed by atoms with Crippen LogP contribution >= 0.6 is 27.3 Å². The van der Waals surface area contributed by atoms with Crippen LogP contribution in [0.1, 0.15) is 16.5 Å². The molecule has 0 aliphatic carbocycles. The maximum Gasteiger partial charge on any atom is 0.126 e. The van der Waals surface area contributed by atoms with Gasteiger partial charge >= 0.3 is 0 Å². The van der Waals surface area contributed by atoms with E-state index in [1.165, 1.54) is 4.88 Å². The molecular formula is C10H14BrN5S. The summed E-state index contributed by atoms with van der Waals surface area (Å²) in [6.45, 7) is 0. The Hall–Kier alpha value is -0.890. The second-order valence-corrected chi connectivity index (χ2v) is 5.67. The molecule has 2 heterocycles. The lowest BCUT2D eigenvalue weighted by molar-refractivity contribution is 0.557. The van der Waals surface area contributed by atoms with Gasteiger partial charge in [0.25, 0.3) is 0 Å². The molecule has 0 fully saturated rings. The summed E-state index contributed by atoms with van der Waals surface area (Å²) in [6.07, 6.45) is 2.55. The molecule has 0 aliphatic heterocycles. The highest BCUT2D eigenvalue weighted by Gasteiger charge is 2.17. The number of nitrogens with two attached hydrogens (primary N) is 2. The van der Waals surface area contributed by atoms with Crippen molar-refractivity contribution in [2.75, 3.05) is 5.73 Å². The van der Waals surface area contributed by atoms with E-state index in [4.69, 9.17) is 11.6 Å². The predicted molar refractivity (Wildman–Crippen MR) is 73.4 cm³/mol. The first kappa shape index (κ1) is 12.6. The molecule has 92 valence electrons. The van der Waals surface area contributed by atoms with Crippen LogP contribution in [0.4, 0.5) is 5.82 Å². The fourth-order valence-corrected chi connectivity index (χ4v) is 3.15. The third kappa shape index (κ3) is 2.68. The summed E-state index contributed by atoms with van der Waals surface area (Å²) < 4.78 is 2.73. The van der Waals surface area contributed by atoms with Crippen LogP contribution in [0.2, 0.25) is 0 Å². The largest absolute Gasteiger partial charge is 0.384 e. The summed E-state index contributed by atoms with van der Waals surface area (Å²) in [5.41, 5.74) is 9.66. The molecule has 17 heavy (non-hydrogen) atoms. The third-order valence-electron chi connectivity index (χ3n) is 2.62. The number of hydrogen-bond acceptors (Lipinski definition) is 5. The second kappa shape index (κ2) is 5.18. The fourth-order valence-electron chi connectivity index (χ4n) is 1.65. The van der Waals surface area contributed by atoms with Gasteiger partial charge in [-0.15, -0.1) is 11.3 Å². The van der Waals surface area contributed by atoms with Gasteiger partial charge in [-0.05, 0) is 22.0 Å². The van der Waals surface area contributed by atoms with Crippen molar-refractivity contribution in [3.63, 3.8) is 0 Å². The summed E-state index contributed by atoms with van der Waals surface area (Å²) >= 11 is 5.13. The molecule has 0 bridgehead atoms. The zero-order chi connectivity index (χ0) is 12.4. The SMILES string of the molecule is Cn1ncc(C(Cc2cc(Br)cs2)NN)c1N. The summed E-state index contributed by atoms with van der Waals surface area (Å²) in [4.78, 5) is 1.24. The fraction of sp³-hybridized carbons (Fsp3) is 0.300. The molecule has 0 amide bonds. The average molecular weight is 316 g/mol. The van der Waals surface area contributed by atoms with Crippen molar-refractivity contribution in [3.05, 3.63) is 32.6 Å². The summed E-state index contributed by atoms with van der Waals surface area (Å²) in [5, 5.41) is 6.17. The second-order valence-electron chi connectivity index (χ2n) is 3.76. The molecule has 1 unspecified atom stereocenters. The van der Waals surface area contributed by atoms with E-state index in [9.17, 15) is 0 Å². The first-order chi connectivity index (χ1) is 8.11. The highest BCUT2D eigenvalue weighted by atomic mass is 79.9. The van der Waals surface area contributed by atoms with E-state index in [0.29, 0.717) is 5.82 Å². The Morgan fingerprint density at radius 1 is 1.65 bits per heavy atom. The van der Waals surface area contributed by atoms with Crippen molar-refractivity contribution in [1.29, 1.82) is 0 Å². The molecule has 7 heteroatoms. The number of hydrazine groups is 1. The van der Waals surface area contributed by atoms with Crippen molar-refractivity contribution in [2.24, 2.45) is 12.9 Å². The highest BCUT2D eigenvalue weighted by molar-refractivity contribution is 9.10. The van der Waals surface area contributed by atoms with E-state index < -0.39 is 0 Å². The maximum absolute atomic E-state index is 5.94. The lowest BCUT2D eigenvalue weighted by Crippen LogP contribution is -2.29. The molecule has 0 aliphatic rings. The topological polar surface area (TPSA) is 81.9 Å². The minimum absolute atomic E-state index is 0.0192. The monoisotopic (exact) mass is 315 g/mol. The molecule has 1 atom stereocenters. The van der Waals surface area contributed by atoms with Gasteiger partial charge < -0.3 is 5.73 Å². The van der Waals surface area contributed by atoms with Crippen LogP contribution in [-0.2, 0) is 13.5 Å². The smallest absolute Gasteiger partial charge is 0.126 e. The normalized spacial score (nSPS) is 12.9. The van der Waals surface area contributed by atoms with Gasteiger partial charge in [-0.1, -0.05) is 0 Å². The number of halogens is 1. The Balaban J connectivity index is 2.19. The molecule has 0 saturated carbocycles. The van der Waals surface area contributed by atoms with E-state index >= 15 is 0 Å². The first-order valence-electron chi connectivity index (χ1n) is 5.08. The molecule has 2 rings (SSSR count). The zero-order valence-corrected chi connectivity index (χ0v) is 11.8. The number of aromatic nitrogens is 2. The quantitative estimate of drug-likeness (QED) is 0.591. The number of aryl methyl sites for hydroxylation is 1. The van der Waals surface area contributed by atoms with Gasteiger partial charge in [-0.2, -0.15) is 5.10 Å². The predicted octanol–water partition coefficient (Wildman–Crippen LogP) is 1.57. The van der Waals surface area contributed by atoms with Gasteiger partial charge in [0.05, 0.1) is 12.2 Å². The minimum Gasteiger partial charge on any atom is -0.384 e. The van der Waals surface area contributed by atoms with E-state index in [1.54, 1.807) is 22.2 Å². The van der Waals surface area contributed by atoms with Gasteiger partial charge in [-0.25, -0.2) is 0 Å². The Morgan fingerprint density at radius 3 is 2.88 bits per heavy atom. The van der Waals surface area contributed by atoms with Crippen molar-refractivity contribution in [1.82, 2.24) is 15.2 Å². The van der Waals surface area contributed by atoms with Crippen LogP contribution in [0.25, 0.3) is 0 Å². The van der Waals surface area contributed by atoms with Crippen LogP contribution in [0.3, 0.4) is 0 Å². The van der Waals surface area contributed by atoms with Crippen molar-refractivity contribution in [3.8, 4) is 0 Å². The van der Waals surface area contributed by atoms with E-state index in [2.05, 4.69) is 37.9 Å².